The Morgan fingerprint density at radius 3 is 2.74 bits per heavy atom. The van der Waals surface area contributed by atoms with Gasteiger partial charge in [-0.3, -0.25) is 0 Å². The third kappa shape index (κ3) is 3.61. The molecule has 1 aromatic rings. The van der Waals surface area contributed by atoms with E-state index in [1.165, 1.54) is 0 Å². The maximum absolute atomic E-state index is 5.96. The number of rotatable bonds is 7. The second-order valence-electron chi connectivity index (χ2n) is 4.80. The molecule has 3 unspecified atom stereocenters. The second-order valence-corrected chi connectivity index (χ2v) is 4.80. The summed E-state index contributed by atoms with van der Waals surface area (Å²) in [6, 6.07) is 7.79. The predicted octanol–water partition coefficient (Wildman–Crippen LogP) is 2.36. The molecule has 0 bridgehead atoms. The number of benzene rings is 1. The lowest BCUT2D eigenvalue weighted by Gasteiger charge is -2.41. The van der Waals surface area contributed by atoms with Crippen LogP contribution >= 0.6 is 0 Å². The molecule has 1 aliphatic carbocycles. The van der Waals surface area contributed by atoms with Gasteiger partial charge in [0.1, 0.15) is 23.7 Å². The van der Waals surface area contributed by atoms with Crippen molar-refractivity contribution in [2.75, 3.05) is 13.2 Å². The highest BCUT2D eigenvalue weighted by molar-refractivity contribution is 5.33. The molecule has 4 nitrogen and oxygen atoms in total. The van der Waals surface area contributed by atoms with Gasteiger partial charge in [0.2, 0.25) is 0 Å². The first-order chi connectivity index (χ1) is 9.24. The zero-order chi connectivity index (χ0) is 13.7. The van der Waals surface area contributed by atoms with Gasteiger partial charge in [-0.25, -0.2) is 0 Å². The molecule has 0 radical (unpaired) electrons. The van der Waals surface area contributed by atoms with Crippen molar-refractivity contribution in [2.24, 2.45) is 5.73 Å². The zero-order valence-corrected chi connectivity index (χ0v) is 11.7. The average Bonchev–Trinajstić information content (AvgIpc) is 2.39. The van der Waals surface area contributed by atoms with Crippen molar-refractivity contribution in [3.8, 4) is 11.5 Å². The summed E-state index contributed by atoms with van der Waals surface area (Å²) in [4.78, 5) is 0. The Balaban J connectivity index is 1.91. The summed E-state index contributed by atoms with van der Waals surface area (Å²) >= 11 is 0. The Bertz CT molecular complexity index is 397. The summed E-state index contributed by atoms with van der Waals surface area (Å²) in [6.45, 7) is 5.44. The Labute approximate surface area is 114 Å². The Kier molecular flexibility index (Phi) is 5.05. The Hall–Kier alpha value is -1.26. The molecule has 0 amide bonds. The number of hydrogen-bond acceptors (Lipinski definition) is 4. The van der Waals surface area contributed by atoms with Gasteiger partial charge in [-0.1, -0.05) is 13.0 Å². The first-order valence-corrected chi connectivity index (χ1v) is 7.01. The van der Waals surface area contributed by atoms with Gasteiger partial charge in [0, 0.05) is 25.1 Å². The molecular weight excluding hydrogens is 242 g/mol. The normalized spacial score (nSPS) is 25.7. The third-order valence-electron chi connectivity index (χ3n) is 3.21. The molecule has 106 valence electrons. The summed E-state index contributed by atoms with van der Waals surface area (Å²) in [6.07, 6.45) is 1.90. The van der Waals surface area contributed by atoms with E-state index < -0.39 is 0 Å². The summed E-state index contributed by atoms with van der Waals surface area (Å²) in [5.74, 6) is 1.64. The molecule has 0 aliphatic heterocycles. The molecule has 0 aromatic heterocycles. The van der Waals surface area contributed by atoms with Crippen molar-refractivity contribution in [3.63, 3.8) is 0 Å². The van der Waals surface area contributed by atoms with Gasteiger partial charge in [0.25, 0.3) is 0 Å². The molecule has 0 saturated heterocycles. The molecule has 1 fully saturated rings. The first-order valence-electron chi connectivity index (χ1n) is 7.01. The largest absolute Gasteiger partial charge is 0.494 e. The van der Waals surface area contributed by atoms with Crippen LogP contribution in [-0.2, 0) is 4.74 Å². The molecule has 19 heavy (non-hydrogen) atoms. The van der Waals surface area contributed by atoms with E-state index in [2.05, 4.69) is 6.92 Å². The second kappa shape index (κ2) is 6.78. The topological polar surface area (TPSA) is 53.7 Å². The summed E-state index contributed by atoms with van der Waals surface area (Å²) in [5.41, 5.74) is 5.96. The van der Waals surface area contributed by atoms with E-state index >= 15 is 0 Å². The van der Waals surface area contributed by atoms with Crippen LogP contribution in [0.5, 0.6) is 11.5 Å². The fraction of sp³-hybridized carbons (Fsp3) is 0.600. The van der Waals surface area contributed by atoms with E-state index in [4.69, 9.17) is 19.9 Å². The molecule has 2 N–H and O–H groups in total. The number of ether oxygens (including phenoxy) is 3. The van der Waals surface area contributed by atoms with Gasteiger partial charge in [0.15, 0.2) is 0 Å². The molecule has 2 rings (SSSR count). The van der Waals surface area contributed by atoms with E-state index in [1.807, 2.05) is 31.2 Å². The molecule has 4 heteroatoms. The smallest absolute Gasteiger partial charge is 0.128 e. The minimum atomic E-state index is 0.00991. The van der Waals surface area contributed by atoms with Crippen LogP contribution in [0.3, 0.4) is 0 Å². The van der Waals surface area contributed by atoms with Crippen LogP contribution in [0, 0.1) is 0 Å². The van der Waals surface area contributed by atoms with Crippen molar-refractivity contribution in [1.82, 2.24) is 0 Å². The quantitative estimate of drug-likeness (QED) is 0.822. The van der Waals surface area contributed by atoms with Gasteiger partial charge in [-0.05, 0) is 25.5 Å². The van der Waals surface area contributed by atoms with E-state index in [1.54, 1.807) is 0 Å². The minimum absolute atomic E-state index is 0.00991. The number of hydrogen-bond donors (Lipinski definition) is 1. The summed E-state index contributed by atoms with van der Waals surface area (Å²) in [5, 5.41) is 0. The van der Waals surface area contributed by atoms with Gasteiger partial charge in [-0.2, -0.15) is 0 Å². The van der Waals surface area contributed by atoms with Gasteiger partial charge in [-0.15, -0.1) is 0 Å². The lowest BCUT2D eigenvalue weighted by atomic mass is 9.86. The highest BCUT2D eigenvalue weighted by atomic mass is 16.5. The lowest BCUT2D eigenvalue weighted by Crippen LogP contribution is -2.59. The Morgan fingerprint density at radius 2 is 2.05 bits per heavy atom. The SMILES string of the molecule is CCCOC1C(N)CC1Oc1cccc(OCC)c1. The maximum Gasteiger partial charge on any atom is 0.128 e. The van der Waals surface area contributed by atoms with Crippen LogP contribution in [0.4, 0.5) is 0 Å². The van der Waals surface area contributed by atoms with Crippen molar-refractivity contribution in [3.05, 3.63) is 24.3 Å². The standard InChI is InChI=1S/C15H23NO3/c1-3-8-18-15-13(16)10-14(15)19-12-7-5-6-11(9-12)17-4-2/h5-7,9,13-15H,3-4,8,10,16H2,1-2H3. The molecule has 0 spiro atoms. The van der Waals surface area contributed by atoms with Crippen molar-refractivity contribution in [1.29, 1.82) is 0 Å². The average molecular weight is 265 g/mol. The molecule has 0 heterocycles. The highest BCUT2D eigenvalue weighted by Gasteiger charge is 2.41. The predicted molar refractivity (Wildman–Crippen MR) is 74.7 cm³/mol. The zero-order valence-electron chi connectivity index (χ0n) is 11.7. The molecular formula is C15H23NO3. The van der Waals surface area contributed by atoms with E-state index in [0.29, 0.717) is 6.61 Å². The van der Waals surface area contributed by atoms with Crippen LogP contribution in [-0.4, -0.2) is 31.5 Å². The Morgan fingerprint density at radius 1 is 1.26 bits per heavy atom. The summed E-state index contributed by atoms with van der Waals surface area (Å²) < 4.78 is 17.1. The molecule has 1 saturated carbocycles. The van der Waals surface area contributed by atoms with Crippen LogP contribution in [0.15, 0.2) is 24.3 Å². The monoisotopic (exact) mass is 265 g/mol. The van der Waals surface area contributed by atoms with Crippen molar-refractivity contribution >= 4 is 0 Å². The van der Waals surface area contributed by atoms with Crippen molar-refractivity contribution < 1.29 is 14.2 Å². The maximum atomic E-state index is 5.96. The van der Waals surface area contributed by atoms with Crippen molar-refractivity contribution in [2.45, 2.75) is 44.9 Å². The van der Waals surface area contributed by atoms with Gasteiger partial charge >= 0.3 is 0 Å². The molecule has 1 aromatic carbocycles. The highest BCUT2D eigenvalue weighted by Crippen LogP contribution is 2.29. The minimum Gasteiger partial charge on any atom is -0.494 e. The fourth-order valence-corrected chi connectivity index (χ4v) is 2.20. The number of nitrogens with two attached hydrogens (primary N) is 1. The van der Waals surface area contributed by atoms with Gasteiger partial charge in [0.05, 0.1) is 6.61 Å². The molecule has 3 atom stereocenters. The third-order valence-corrected chi connectivity index (χ3v) is 3.21. The van der Waals surface area contributed by atoms with Crippen LogP contribution in [0.1, 0.15) is 26.7 Å². The van der Waals surface area contributed by atoms with Crippen LogP contribution < -0.4 is 15.2 Å². The van der Waals surface area contributed by atoms with E-state index in [-0.39, 0.29) is 18.2 Å². The molecule has 1 aliphatic rings. The first kappa shape index (κ1) is 14.2. The fourth-order valence-electron chi connectivity index (χ4n) is 2.20. The van der Waals surface area contributed by atoms with Crippen LogP contribution in [0.25, 0.3) is 0 Å². The van der Waals surface area contributed by atoms with E-state index in [0.717, 1.165) is 30.9 Å². The summed E-state index contributed by atoms with van der Waals surface area (Å²) in [7, 11) is 0. The van der Waals surface area contributed by atoms with E-state index in [9.17, 15) is 0 Å². The lowest BCUT2D eigenvalue weighted by molar-refractivity contribution is -0.0980. The van der Waals surface area contributed by atoms with Gasteiger partial charge < -0.3 is 19.9 Å². The van der Waals surface area contributed by atoms with Crippen LogP contribution in [0.2, 0.25) is 0 Å².